The second kappa shape index (κ2) is 5.53. The predicted molar refractivity (Wildman–Crippen MR) is 76.9 cm³/mol. The Bertz CT molecular complexity index is 487. The van der Waals surface area contributed by atoms with Crippen molar-refractivity contribution < 1.29 is 5.11 Å². The fourth-order valence-electron chi connectivity index (χ4n) is 1.58. The minimum Gasteiger partial charge on any atom is -0.387 e. The van der Waals surface area contributed by atoms with E-state index in [1.807, 2.05) is 18.2 Å². The molecule has 0 bridgehead atoms. The molecule has 1 unspecified atom stereocenters. The van der Waals surface area contributed by atoms with Crippen molar-refractivity contribution in [3.63, 3.8) is 0 Å². The fraction of sp³-hybridized carbons (Fsp3) is 0.231. The van der Waals surface area contributed by atoms with E-state index in [0.717, 1.165) is 14.2 Å². The number of aliphatic hydroxyl groups excluding tert-OH is 1. The molecular weight excluding hydrogens is 320 g/mol. The summed E-state index contributed by atoms with van der Waals surface area (Å²) in [6.07, 6.45) is 0.121. The molecule has 90 valence electrons. The Labute approximate surface area is 118 Å². The van der Waals surface area contributed by atoms with Crippen LogP contribution < -0.4 is 0 Å². The first-order valence-corrected chi connectivity index (χ1v) is 7.23. The molecule has 1 atom stereocenters. The first kappa shape index (κ1) is 13.1. The van der Waals surface area contributed by atoms with Gasteiger partial charge in [0.05, 0.1) is 14.9 Å². The lowest BCUT2D eigenvalue weighted by atomic mass is 10.1. The normalized spacial score (nSPS) is 12.7. The van der Waals surface area contributed by atoms with Gasteiger partial charge in [-0.3, -0.25) is 0 Å². The van der Waals surface area contributed by atoms with Crippen LogP contribution in [-0.4, -0.2) is 5.11 Å². The Kier molecular flexibility index (Phi) is 4.26. The van der Waals surface area contributed by atoms with Crippen LogP contribution in [0.2, 0.25) is 5.02 Å². The summed E-state index contributed by atoms with van der Waals surface area (Å²) in [5.41, 5.74) is 2.36. The summed E-state index contributed by atoms with van der Waals surface area (Å²) in [6, 6.07) is 10.0. The molecule has 0 aliphatic carbocycles. The van der Waals surface area contributed by atoms with Crippen LogP contribution in [0.25, 0.3) is 0 Å². The van der Waals surface area contributed by atoms with Crippen LogP contribution in [0.3, 0.4) is 0 Å². The molecule has 2 rings (SSSR count). The average Bonchev–Trinajstić information content (AvgIpc) is 2.63. The average molecular weight is 332 g/mol. The van der Waals surface area contributed by atoms with Crippen LogP contribution in [-0.2, 0) is 6.42 Å². The zero-order chi connectivity index (χ0) is 12.4. The van der Waals surface area contributed by atoms with Gasteiger partial charge < -0.3 is 5.11 Å². The van der Waals surface area contributed by atoms with Crippen molar-refractivity contribution in [3.8, 4) is 0 Å². The fourth-order valence-corrected chi connectivity index (χ4v) is 3.31. The highest BCUT2D eigenvalue weighted by Gasteiger charge is 2.13. The molecule has 0 radical (unpaired) electrons. The predicted octanol–water partition coefficient (Wildman–Crippen LogP) is 4.75. The van der Waals surface area contributed by atoms with Crippen LogP contribution in [0.1, 0.15) is 22.1 Å². The van der Waals surface area contributed by atoms with E-state index in [-0.39, 0.29) is 0 Å². The third-order valence-electron chi connectivity index (χ3n) is 2.54. The largest absolute Gasteiger partial charge is 0.387 e. The summed E-state index contributed by atoms with van der Waals surface area (Å²) in [5, 5.41) is 10.8. The minimum atomic E-state index is -0.494. The van der Waals surface area contributed by atoms with Gasteiger partial charge in [0.1, 0.15) is 0 Å². The summed E-state index contributed by atoms with van der Waals surface area (Å²) in [7, 11) is 0. The van der Waals surface area contributed by atoms with Crippen LogP contribution in [0.4, 0.5) is 0 Å². The van der Waals surface area contributed by atoms with Crippen LogP contribution in [0.5, 0.6) is 0 Å². The molecule has 0 aliphatic heterocycles. The number of hydrogen-bond donors (Lipinski definition) is 1. The number of thiophene rings is 1. The molecule has 1 heterocycles. The number of hydrogen-bond acceptors (Lipinski definition) is 2. The van der Waals surface area contributed by atoms with Crippen LogP contribution >= 0.6 is 38.9 Å². The summed E-state index contributed by atoms with van der Waals surface area (Å²) < 4.78 is 0.872. The first-order chi connectivity index (χ1) is 8.06. The minimum absolute atomic E-state index is 0.494. The maximum Gasteiger partial charge on any atom is 0.0923 e. The maximum absolute atomic E-state index is 10.1. The summed E-state index contributed by atoms with van der Waals surface area (Å²) in [6.45, 7) is 2.05. The van der Waals surface area contributed by atoms with Gasteiger partial charge in [-0.05, 0) is 34.5 Å². The van der Waals surface area contributed by atoms with Crippen molar-refractivity contribution in [2.45, 2.75) is 19.4 Å². The number of aryl methyl sites for hydroxylation is 1. The Morgan fingerprint density at radius 3 is 2.53 bits per heavy atom. The standard InChI is InChI=1S/C13H12BrClOS/c1-8-2-4-9(5-3-8)6-11(16)12-7-10(15)13(14)17-12/h2-5,7,11,16H,6H2,1H3. The van der Waals surface area contributed by atoms with Gasteiger partial charge >= 0.3 is 0 Å². The van der Waals surface area contributed by atoms with Crippen molar-refractivity contribution in [1.82, 2.24) is 0 Å². The summed E-state index contributed by atoms with van der Waals surface area (Å²) >= 11 is 10.8. The second-order valence-corrected chi connectivity index (χ2v) is 6.78. The molecule has 1 N–H and O–H groups in total. The van der Waals surface area contributed by atoms with Gasteiger partial charge in [-0.1, -0.05) is 41.4 Å². The van der Waals surface area contributed by atoms with Crippen molar-refractivity contribution in [2.24, 2.45) is 0 Å². The third kappa shape index (κ3) is 3.32. The van der Waals surface area contributed by atoms with E-state index in [2.05, 4.69) is 35.0 Å². The molecule has 0 saturated carbocycles. The van der Waals surface area contributed by atoms with Crippen LogP contribution in [0.15, 0.2) is 34.1 Å². The van der Waals surface area contributed by atoms with Crippen molar-refractivity contribution in [2.75, 3.05) is 0 Å². The van der Waals surface area contributed by atoms with E-state index < -0.39 is 6.10 Å². The van der Waals surface area contributed by atoms with Crippen molar-refractivity contribution in [1.29, 1.82) is 0 Å². The van der Waals surface area contributed by atoms with E-state index in [4.69, 9.17) is 11.6 Å². The SMILES string of the molecule is Cc1ccc(CC(O)c2cc(Cl)c(Br)s2)cc1. The molecule has 0 spiro atoms. The molecule has 4 heteroatoms. The highest BCUT2D eigenvalue weighted by atomic mass is 79.9. The molecule has 0 saturated heterocycles. The molecular formula is C13H12BrClOS. The second-order valence-electron chi connectivity index (χ2n) is 3.98. The van der Waals surface area contributed by atoms with E-state index in [1.54, 1.807) is 0 Å². The van der Waals surface area contributed by atoms with Crippen LogP contribution in [0, 0.1) is 6.92 Å². The third-order valence-corrected chi connectivity index (χ3v) is 5.12. The Balaban J connectivity index is 2.11. The van der Waals surface area contributed by atoms with Gasteiger partial charge in [0.25, 0.3) is 0 Å². The van der Waals surface area contributed by atoms with Gasteiger partial charge in [0.2, 0.25) is 0 Å². The lowest BCUT2D eigenvalue weighted by Gasteiger charge is -2.08. The zero-order valence-electron chi connectivity index (χ0n) is 9.28. The number of rotatable bonds is 3. The van der Waals surface area contributed by atoms with Gasteiger partial charge in [-0.25, -0.2) is 0 Å². The maximum atomic E-state index is 10.1. The quantitative estimate of drug-likeness (QED) is 0.860. The number of halogens is 2. The lowest BCUT2D eigenvalue weighted by molar-refractivity contribution is 0.182. The molecule has 1 aromatic carbocycles. The first-order valence-electron chi connectivity index (χ1n) is 5.24. The van der Waals surface area contributed by atoms with E-state index in [0.29, 0.717) is 11.4 Å². The highest BCUT2D eigenvalue weighted by molar-refractivity contribution is 9.11. The number of aliphatic hydroxyl groups is 1. The van der Waals surface area contributed by atoms with Crippen molar-refractivity contribution in [3.05, 3.63) is 55.1 Å². The van der Waals surface area contributed by atoms with E-state index in [1.165, 1.54) is 16.9 Å². The lowest BCUT2D eigenvalue weighted by Crippen LogP contribution is -1.99. The van der Waals surface area contributed by atoms with Gasteiger partial charge in [-0.2, -0.15) is 0 Å². The van der Waals surface area contributed by atoms with E-state index in [9.17, 15) is 5.11 Å². The van der Waals surface area contributed by atoms with Gasteiger partial charge in [0.15, 0.2) is 0 Å². The Morgan fingerprint density at radius 2 is 2.00 bits per heavy atom. The number of benzene rings is 1. The Hall–Kier alpha value is -0.350. The van der Waals surface area contributed by atoms with Crippen molar-refractivity contribution >= 4 is 38.9 Å². The Morgan fingerprint density at radius 1 is 1.35 bits per heavy atom. The van der Waals surface area contributed by atoms with Gasteiger partial charge in [-0.15, -0.1) is 11.3 Å². The molecule has 0 aliphatic rings. The molecule has 0 amide bonds. The topological polar surface area (TPSA) is 20.2 Å². The summed E-state index contributed by atoms with van der Waals surface area (Å²) in [4.78, 5) is 0.891. The van der Waals surface area contributed by atoms with Gasteiger partial charge in [0, 0.05) is 11.3 Å². The highest BCUT2D eigenvalue weighted by Crippen LogP contribution is 2.36. The summed E-state index contributed by atoms with van der Waals surface area (Å²) in [5.74, 6) is 0. The molecule has 2 aromatic rings. The molecule has 1 nitrogen and oxygen atoms in total. The molecule has 1 aromatic heterocycles. The smallest absolute Gasteiger partial charge is 0.0923 e. The zero-order valence-corrected chi connectivity index (χ0v) is 12.4. The molecule has 0 fully saturated rings. The monoisotopic (exact) mass is 330 g/mol. The molecule has 17 heavy (non-hydrogen) atoms. The van der Waals surface area contributed by atoms with E-state index >= 15 is 0 Å².